The summed E-state index contributed by atoms with van der Waals surface area (Å²) in [5, 5.41) is 6.17. The second kappa shape index (κ2) is 7.21. The Morgan fingerprint density at radius 1 is 1.10 bits per heavy atom. The molecule has 21 heavy (non-hydrogen) atoms. The van der Waals surface area contributed by atoms with Gasteiger partial charge in [0.15, 0.2) is 0 Å². The van der Waals surface area contributed by atoms with Crippen molar-refractivity contribution >= 4 is 39.5 Å². The molecular weight excluding hydrogens is 332 g/mol. The number of halogens is 1. The zero-order valence-electron chi connectivity index (χ0n) is 12.4. The summed E-state index contributed by atoms with van der Waals surface area (Å²) in [6, 6.07) is 7.86. The van der Waals surface area contributed by atoms with Crippen molar-refractivity contribution in [1.82, 2.24) is 15.0 Å². The topological polar surface area (TPSA) is 66.0 Å². The van der Waals surface area contributed by atoms with E-state index in [4.69, 9.17) is 0 Å². The molecule has 0 atom stereocenters. The molecule has 2 aromatic rings. The Hall–Kier alpha value is -1.89. The third kappa shape index (κ3) is 4.04. The zero-order chi connectivity index (χ0) is 15.2. The smallest absolute Gasteiger partial charge is 0.233 e. The van der Waals surface area contributed by atoms with Crippen LogP contribution in [0.2, 0.25) is 0 Å². The van der Waals surface area contributed by atoms with E-state index in [1.807, 2.05) is 24.3 Å². The van der Waals surface area contributed by atoms with E-state index < -0.39 is 0 Å². The molecule has 0 aliphatic rings. The first-order valence-corrected chi connectivity index (χ1v) is 7.67. The maximum atomic E-state index is 4.49. The number of anilines is 4. The second-order valence-corrected chi connectivity index (χ2v) is 5.26. The van der Waals surface area contributed by atoms with Gasteiger partial charge in [-0.15, -0.1) is 0 Å². The van der Waals surface area contributed by atoms with E-state index in [1.165, 1.54) is 0 Å². The monoisotopic (exact) mass is 350 g/mol. The van der Waals surface area contributed by atoms with Gasteiger partial charge in [0.25, 0.3) is 0 Å². The molecule has 0 aliphatic carbocycles. The highest BCUT2D eigenvalue weighted by Gasteiger charge is 2.10. The van der Waals surface area contributed by atoms with Gasteiger partial charge in [0.2, 0.25) is 17.8 Å². The fourth-order valence-electron chi connectivity index (χ4n) is 1.88. The lowest BCUT2D eigenvalue weighted by atomic mass is 10.3. The first-order valence-electron chi connectivity index (χ1n) is 6.87. The van der Waals surface area contributed by atoms with Crippen LogP contribution in [-0.4, -0.2) is 35.1 Å². The quantitative estimate of drug-likeness (QED) is 0.833. The molecule has 2 rings (SSSR count). The normalized spacial score (nSPS) is 10.3. The molecule has 0 fully saturated rings. The predicted molar refractivity (Wildman–Crippen MR) is 90.4 cm³/mol. The van der Waals surface area contributed by atoms with Gasteiger partial charge in [-0.2, -0.15) is 15.0 Å². The molecule has 0 unspecified atom stereocenters. The van der Waals surface area contributed by atoms with Crippen LogP contribution in [0.5, 0.6) is 0 Å². The number of aromatic nitrogens is 3. The Kier molecular flexibility index (Phi) is 5.32. The maximum Gasteiger partial charge on any atom is 0.233 e. The highest BCUT2D eigenvalue weighted by molar-refractivity contribution is 9.10. The molecule has 1 heterocycles. The predicted octanol–water partition coefficient (Wildman–Crippen LogP) is 3.27. The summed E-state index contributed by atoms with van der Waals surface area (Å²) in [6.45, 7) is 5.85. The van der Waals surface area contributed by atoms with Crippen molar-refractivity contribution in [1.29, 1.82) is 0 Å². The van der Waals surface area contributed by atoms with E-state index in [0.29, 0.717) is 17.8 Å². The lowest BCUT2D eigenvalue weighted by Gasteiger charge is -2.19. The van der Waals surface area contributed by atoms with Gasteiger partial charge in [-0.1, -0.05) is 22.0 Å². The van der Waals surface area contributed by atoms with Crippen LogP contribution in [0.15, 0.2) is 28.7 Å². The summed E-state index contributed by atoms with van der Waals surface area (Å²) in [6.07, 6.45) is 0. The summed E-state index contributed by atoms with van der Waals surface area (Å²) < 4.78 is 0.999. The van der Waals surface area contributed by atoms with E-state index >= 15 is 0 Å². The Morgan fingerprint density at radius 2 is 1.81 bits per heavy atom. The summed E-state index contributed by atoms with van der Waals surface area (Å²) in [5.41, 5.74) is 0.920. The van der Waals surface area contributed by atoms with Crippen LogP contribution in [0.3, 0.4) is 0 Å². The summed E-state index contributed by atoms with van der Waals surface area (Å²) in [4.78, 5) is 15.3. The molecule has 6 nitrogen and oxygen atoms in total. The van der Waals surface area contributed by atoms with Crippen molar-refractivity contribution in [3.63, 3.8) is 0 Å². The largest absolute Gasteiger partial charge is 0.357 e. The van der Waals surface area contributed by atoms with E-state index in [-0.39, 0.29) is 0 Å². The summed E-state index contributed by atoms with van der Waals surface area (Å²) in [5.74, 6) is 1.73. The number of nitrogens with zero attached hydrogens (tertiary/aromatic N) is 4. The minimum absolute atomic E-state index is 0.523. The van der Waals surface area contributed by atoms with Gasteiger partial charge in [0.1, 0.15) is 0 Å². The van der Waals surface area contributed by atoms with E-state index in [2.05, 4.69) is 60.3 Å². The molecule has 0 spiro atoms. The van der Waals surface area contributed by atoms with Crippen molar-refractivity contribution in [3.05, 3.63) is 28.7 Å². The van der Waals surface area contributed by atoms with Crippen LogP contribution >= 0.6 is 15.9 Å². The van der Waals surface area contributed by atoms with Crippen molar-refractivity contribution < 1.29 is 0 Å². The highest BCUT2D eigenvalue weighted by atomic mass is 79.9. The molecule has 0 saturated carbocycles. The molecule has 7 heteroatoms. The first-order chi connectivity index (χ1) is 10.2. The molecule has 0 aliphatic heterocycles. The molecule has 1 aromatic carbocycles. The van der Waals surface area contributed by atoms with E-state index in [9.17, 15) is 0 Å². The minimum Gasteiger partial charge on any atom is -0.357 e. The third-order valence-corrected chi connectivity index (χ3v) is 3.47. The minimum atomic E-state index is 0.523. The second-order valence-electron chi connectivity index (χ2n) is 4.34. The van der Waals surface area contributed by atoms with Gasteiger partial charge in [-0.25, -0.2) is 0 Å². The van der Waals surface area contributed by atoms with Crippen LogP contribution in [-0.2, 0) is 0 Å². The summed E-state index contributed by atoms with van der Waals surface area (Å²) in [7, 11) is 1.80. The molecule has 2 N–H and O–H groups in total. The Bertz CT molecular complexity index is 600. The zero-order valence-corrected chi connectivity index (χ0v) is 14.0. The van der Waals surface area contributed by atoms with Gasteiger partial charge < -0.3 is 15.5 Å². The van der Waals surface area contributed by atoms with Gasteiger partial charge in [-0.3, -0.25) is 0 Å². The molecule has 0 saturated heterocycles. The first kappa shape index (κ1) is 15.5. The van der Waals surface area contributed by atoms with Crippen LogP contribution in [0.4, 0.5) is 23.5 Å². The number of benzene rings is 1. The van der Waals surface area contributed by atoms with Crippen LogP contribution in [0, 0.1) is 0 Å². The fourth-order valence-corrected chi connectivity index (χ4v) is 2.27. The number of hydrogen-bond acceptors (Lipinski definition) is 6. The van der Waals surface area contributed by atoms with Crippen molar-refractivity contribution in [2.75, 3.05) is 35.7 Å². The standard InChI is InChI=1S/C14H19BrN6/c1-4-21(5-2)14-19-12(16-3)18-13(20-14)17-11-8-6-7-10(15)9-11/h6-9H,4-5H2,1-3H3,(H2,16,17,18,19,20). The van der Waals surface area contributed by atoms with Crippen molar-refractivity contribution in [3.8, 4) is 0 Å². The average Bonchev–Trinajstić information content (AvgIpc) is 2.48. The fraction of sp³-hybridized carbons (Fsp3) is 0.357. The molecule has 0 amide bonds. The average molecular weight is 351 g/mol. The SMILES string of the molecule is CCN(CC)c1nc(NC)nc(Nc2cccc(Br)c2)n1. The van der Waals surface area contributed by atoms with Crippen LogP contribution in [0.25, 0.3) is 0 Å². The Labute approximate surface area is 133 Å². The third-order valence-electron chi connectivity index (χ3n) is 2.97. The lowest BCUT2D eigenvalue weighted by Crippen LogP contribution is -2.25. The van der Waals surface area contributed by atoms with E-state index in [1.54, 1.807) is 7.05 Å². The van der Waals surface area contributed by atoms with Crippen molar-refractivity contribution in [2.24, 2.45) is 0 Å². The van der Waals surface area contributed by atoms with Gasteiger partial charge in [-0.05, 0) is 32.0 Å². The summed E-state index contributed by atoms with van der Waals surface area (Å²) >= 11 is 3.45. The number of hydrogen-bond donors (Lipinski definition) is 2. The van der Waals surface area contributed by atoms with Crippen LogP contribution in [0.1, 0.15) is 13.8 Å². The Balaban J connectivity index is 2.32. The number of rotatable bonds is 6. The van der Waals surface area contributed by atoms with Gasteiger partial charge in [0, 0.05) is 30.3 Å². The molecule has 112 valence electrons. The van der Waals surface area contributed by atoms with Gasteiger partial charge in [0.05, 0.1) is 0 Å². The Morgan fingerprint density at radius 3 is 2.43 bits per heavy atom. The van der Waals surface area contributed by atoms with Crippen molar-refractivity contribution in [2.45, 2.75) is 13.8 Å². The molecule has 0 radical (unpaired) electrons. The number of nitrogens with one attached hydrogen (secondary N) is 2. The molecule has 1 aromatic heterocycles. The molecular formula is C14H19BrN6. The van der Waals surface area contributed by atoms with Crippen LogP contribution < -0.4 is 15.5 Å². The highest BCUT2D eigenvalue weighted by Crippen LogP contribution is 2.20. The van der Waals surface area contributed by atoms with Gasteiger partial charge >= 0.3 is 0 Å². The molecule has 0 bridgehead atoms. The maximum absolute atomic E-state index is 4.49. The lowest BCUT2D eigenvalue weighted by molar-refractivity contribution is 0.815. The van der Waals surface area contributed by atoms with E-state index in [0.717, 1.165) is 23.2 Å².